The second kappa shape index (κ2) is 15.5. The molecule has 0 aliphatic carbocycles. The molecule has 0 bridgehead atoms. The Morgan fingerprint density at radius 2 is 1.52 bits per heavy atom. The van der Waals surface area contributed by atoms with Gasteiger partial charge >= 0.3 is 0 Å². The fourth-order valence-corrected chi connectivity index (χ4v) is 6.52. The van der Waals surface area contributed by atoms with Gasteiger partial charge < -0.3 is 10.2 Å². The molecule has 0 aliphatic heterocycles. The van der Waals surface area contributed by atoms with E-state index >= 15 is 0 Å². The summed E-state index contributed by atoms with van der Waals surface area (Å²) in [6, 6.07) is 30.6. The molecule has 0 aliphatic rings. The first-order valence-electron chi connectivity index (χ1n) is 14.7. The summed E-state index contributed by atoms with van der Waals surface area (Å²) in [7, 11) is -4.18. The third kappa shape index (κ3) is 8.49. The van der Waals surface area contributed by atoms with Crippen LogP contribution < -0.4 is 9.62 Å². The van der Waals surface area contributed by atoms with E-state index in [1.54, 1.807) is 36.4 Å². The van der Waals surface area contributed by atoms with Gasteiger partial charge in [0.25, 0.3) is 10.0 Å². The molecule has 2 amide bonds. The maximum Gasteiger partial charge on any atom is 0.264 e. The van der Waals surface area contributed by atoms with E-state index in [1.807, 2.05) is 68.4 Å². The number of hydrogen-bond acceptors (Lipinski definition) is 4. The van der Waals surface area contributed by atoms with E-state index < -0.39 is 28.5 Å². The van der Waals surface area contributed by atoms with Crippen LogP contribution in [0, 0.1) is 6.92 Å². The SMILES string of the molecule is CCCCNC(=O)[C@H](Cc1ccccc1)N(Cc1ccccc1C)C(=O)CN(c1cccc(Cl)c1)S(=O)(=O)c1ccccc1. The van der Waals surface area contributed by atoms with Crippen molar-refractivity contribution >= 4 is 39.1 Å². The lowest BCUT2D eigenvalue weighted by Gasteiger charge is -2.34. The number of aryl methyl sites for hydroxylation is 1. The summed E-state index contributed by atoms with van der Waals surface area (Å²) in [6.07, 6.45) is 1.97. The third-order valence-electron chi connectivity index (χ3n) is 7.41. The van der Waals surface area contributed by atoms with Crippen LogP contribution in [0.5, 0.6) is 0 Å². The number of nitrogens with one attached hydrogen (secondary N) is 1. The minimum absolute atomic E-state index is 0.0383. The van der Waals surface area contributed by atoms with Crippen LogP contribution in [0.15, 0.2) is 114 Å². The van der Waals surface area contributed by atoms with Gasteiger partial charge in [0.15, 0.2) is 0 Å². The predicted molar refractivity (Wildman–Crippen MR) is 176 cm³/mol. The number of carbonyl (C=O) groups is 2. The van der Waals surface area contributed by atoms with Crippen molar-refractivity contribution in [2.45, 2.75) is 50.6 Å². The maximum absolute atomic E-state index is 14.5. The quantitative estimate of drug-likeness (QED) is 0.163. The first-order chi connectivity index (χ1) is 21.2. The molecule has 0 aromatic heterocycles. The summed E-state index contributed by atoms with van der Waals surface area (Å²) in [6.45, 7) is 4.06. The van der Waals surface area contributed by atoms with E-state index in [0.29, 0.717) is 11.6 Å². The van der Waals surface area contributed by atoms with Crippen molar-refractivity contribution in [3.63, 3.8) is 0 Å². The number of hydrogen-bond donors (Lipinski definition) is 1. The van der Waals surface area contributed by atoms with Gasteiger partial charge in [0.05, 0.1) is 10.6 Å². The highest BCUT2D eigenvalue weighted by Crippen LogP contribution is 2.27. The van der Waals surface area contributed by atoms with Crippen molar-refractivity contribution in [3.8, 4) is 0 Å². The maximum atomic E-state index is 14.5. The Balaban J connectivity index is 1.79. The smallest absolute Gasteiger partial charge is 0.264 e. The number of nitrogens with zero attached hydrogens (tertiary/aromatic N) is 2. The Bertz CT molecular complexity index is 1650. The average molecular weight is 632 g/mol. The van der Waals surface area contributed by atoms with Crippen molar-refractivity contribution in [2.75, 3.05) is 17.4 Å². The van der Waals surface area contributed by atoms with Crippen molar-refractivity contribution < 1.29 is 18.0 Å². The molecule has 1 atom stereocenters. The summed E-state index contributed by atoms with van der Waals surface area (Å²) in [5.41, 5.74) is 2.95. The summed E-state index contributed by atoms with van der Waals surface area (Å²) >= 11 is 6.28. The molecular formula is C35H38ClN3O4S. The molecule has 0 heterocycles. The molecule has 4 aromatic carbocycles. The van der Waals surface area contributed by atoms with Gasteiger partial charge in [-0.1, -0.05) is 104 Å². The zero-order valence-corrected chi connectivity index (χ0v) is 26.6. The molecule has 0 unspecified atom stereocenters. The van der Waals surface area contributed by atoms with Crippen molar-refractivity contribution in [2.24, 2.45) is 0 Å². The number of anilines is 1. The zero-order chi connectivity index (χ0) is 31.5. The Morgan fingerprint density at radius 1 is 0.864 bits per heavy atom. The fraction of sp³-hybridized carbons (Fsp3) is 0.257. The van der Waals surface area contributed by atoms with E-state index in [4.69, 9.17) is 11.6 Å². The second-order valence-corrected chi connectivity index (χ2v) is 12.9. The van der Waals surface area contributed by atoms with Crippen LogP contribution in [-0.4, -0.2) is 44.3 Å². The Morgan fingerprint density at radius 3 is 2.18 bits per heavy atom. The minimum atomic E-state index is -4.18. The Hall–Kier alpha value is -4.14. The molecule has 0 spiro atoms. The summed E-state index contributed by atoms with van der Waals surface area (Å²) in [5, 5.41) is 3.34. The average Bonchev–Trinajstić information content (AvgIpc) is 3.03. The lowest BCUT2D eigenvalue weighted by Crippen LogP contribution is -2.53. The van der Waals surface area contributed by atoms with Crippen LogP contribution in [0.2, 0.25) is 5.02 Å². The number of carbonyl (C=O) groups excluding carboxylic acids is 2. The molecule has 1 N–H and O–H groups in total. The highest BCUT2D eigenvalue weighted by Gasteiger charge is 2.34. The number of unbranched alkanes of at least 4 members (excludes halogenated alkanes) is 1. The van der Waals surface area contributed by atoms with Gasteiger partial charge in [-0.05, 0) is 60.4 Å². The van der Waals surface area contributed by atoms with Gasteiger partial charge in [0, 0.05) is 24.5 Å². The predicted octanol–water partition coefficient (Wildman–Crippen LogP) is 6.40. The van der Waals surface area contributed by atoms with Gasteiger partial charge in [0.1, 0.15) is 12.6 Å². The van der Waals surface area contributed by atoms with Crippen molar-refractivity contribution in [1.82, 2.24) is 10.2 Å². The molecule has 9 heteroatoms. The molecule has 230 valence electrons. The molecular weight excluding hydrogens is 594 g/mol. The number of halogens is 1. The van der Waals surface area contributed by atoms with Gasteiger partial charge in [-0.3, -0.25) is 13.9 Å². The zero-order valence-electron chi connectivity index (χ0n) is 25.0. The molecule has 0 fully saturated rings. The topological polar surface area (TPSA) is 86.8 Å². The Kier molecular flexibility index (Phi) is 11.6. The van der Waals surface area contributed by atoms with Gasteiger partial charge in [0.2, 0.25) is 11.8 Å². The van der Waals surface area contributed by atoms with Crippen LogP contribution in [0.4, 0.5) is 5.69 Å². The van der Waals surface area contributed by atoms with Crippen LogP contribution in [-0.2, 0) is 32.6 Å². The van der Waals surface area contributed by atoms with E-state index in [1.165, 1.54) is 23.1 Å². The highest BCUT2D eigenvalue weighted by molar-refractivity contribution is 7.92. The first-order valence-corrected chi connectivity index (χ1v) is 16.5. The van der Waals surface area contributed by atoms with Crippen LogP contribution >= 0.6 is 11.6 Å². The molecule has 4 rings (SSSR count). The fourth-order valence-electron chi connectivity index (χ4n) is 4.91. The summed E-state index contributed by atoms with van der Waals surface area (Å²) in [4.78, 5) is 29.8. The number of rotatable bonds is 14. The van der Waals surface area contributed by atoms with Crippen molar-refractivity contribution in [1.29, 1.82) is 0 Å². The van der Waals surface area contributed by atoms with Gasteiger partial charge in [-0.15, -0.1) is 0 Å². The van der Waals surface area contributed by atoms with Gasteiger partial charge in [-0.2, -0.15) is 0 Å². The van der Waals surface area contributed by atoms with Crippen LogP contribution in [0.25, 0.3) is 0 Å². The summed E-state index contributed by atoms with van der Waals surface area (Å²) < 4.78 is 29.1. The second-order valence-electron chi connectivity index (χ2n) is 10.6. The van der Waals surface area contributed by atoms with Gasteiger partial charge in [-0.25, -0.2) is 8.42 Å². The highest BCUT2D eigenvalue weighted by atomic mass is 35.5. The Labute approximate surface area is 265 Å². The molecule has 4 aromatic rings. The van der Waals surface area contributed by atoms with Crippen LogP contribution in [0.3, 0.4) is 0 Å². The van der Waals surface area contributed by atoms with E-state index in [0.717, 1.165) is 33.8 Å². The number of benzene rings is 4. The third-order valence-corrected chi connectivity index (χ3v) is 9.43. The lowest BCUT2D eigenvalue weighted by molar-refractivity contribution is -0.140. The molecule has 44 heavy (non-hydrogen) atoms. The first kappa shape index (κ1) is 32.8. The van der Waals surface area contributed by atoms with Crippen molar-refractivity contribution in [3.05, 3.63) is 131 Å². The lowest BCUT2D eigenvalue weighted by atomic mass is 10.0. The standard InChI is InChI=1S/C35H38ClN3O4S/c1-3-4-22-37-35(41)33(23-28-15-7-5-8-16-28)38(25-29-17-12-11-14-27(29)2)34(40)26-39(31-19-13-18-30(36)24-31)44(42,43)32-20-9-6-10-21-32/h5-21,24,33H,3-4,22-23,25-26H2,1-2H3,(H,37,41)/t33-/m0/s1. The molecule has 7 nitrogen and oxygen atoms in total. The molecule has 0 saturated carbocycles. The van der Waals surface area contributed by atoms with E-state index in [2.05, 4.69) is 5.32 Å². The van der Waals surface area contributed by atoms with Crippen LogP contribution in [0.1, 0.15) is 36.5 Å². The largest absolute Gasteiger partial charge is 0.354 e. The molecule has 0 radical (unpaired) electrons. The van der Waals surface area contributed by atoms with E-state index in [9.17, 15) is 18.0 Å². The molecule has 0 saturated heterocycles. The summed E-state index contributed by atoms with van der Waals surface area (Å²) in [5.74, 6) is -0.802. The van der Waals surface area contributed by atoms with E-state index in [-0.39, 0.29) is 29.5 Å². The minimum Gasteiger partial charge on any atom is -0.354 e. The normalized spacial score (nSPS) is 11.9. The number of sulfonamides is 1. The monoisotopic (exact) mass is 631 g/mol. The number of amides is 2.